The molecule has 1 aliphatic heterocycles. The third kappa shape index (κ3) is 4.31. The molecule has 4 rings (SSSR count). The van der Waals surface area contributed by atoms with E-state index in [1.807, 2.05) is 42.5 Å². The van der Waals surface area contributed by atoms with Crippen molar-refractivity contribution < 1.29 is 0 Å². The molecule has 0 bridgehead atoms. The first kappa shape index (κ1) is 18.0. The molecule has 1 saturated heterocycles. The maximum atomic E-state index is 4.71. The van der Waals surface area contributed by atoms with E-state index in [1.54, 1.807) is 0 Å². The fraction of sp³-hybridized carbons (Fsp3) is 0.217. The lowest BCUT2D eigenvalue weighted by Crippen LogP contribution is -2.17. The molecular weight excluding hydrogens is 346 g/mol. The zero-order chi connectivity index (χ0) is 19.2. The van der Waals surface area contributed by atoms with Crippen LogP contribution in [0.4, 0.5) is 23.0 Å². The van der Waals surface area contributed by atoms with Crippen molar-refractivity contribution in [3.8, 4) is 11.4 Å². The first-order valence-corrected chi connectivity index (χ1v) is 9.73. The summed E-state index contributed by atoms with van der Waals surface area (Å²) in [5.41, 5.74) is 3.27. The zero-order valence-corrected chi connectivity index (χ0v) is 15.9. The van der Waals surface area contributed by atoms with Crippen LogP contribution in [0.5, 0.6) is 0 Å². The molecule has 0 unspecified atom stereocenters. The van der Waals surface area contributed by atoms with Gasteiger partial charge in [-0.2, -0.15) is 0 Å². The van der Waals surface area contributed by atoms with E-state index in [0.717, 1.165) is 36.0 Å². The van der Waals surface area contributed by atoms with E-state index in [-0.39, 0.29) is 0 Å². The molecule has 0 amide bonds. The first-order valence-electron chi connectivity index (χ1n) is 9.73. The normalized spacial score (nSPS) is 13.4. The number of nitrogens with zero attached hydrogens (tertiary/aromatic N) is 3. The van der Waals surface area contributed by atoms with E-state index in [2.05, 4.69) is 51.4 Å². The van der Waals surface area contributed by atoms with Crippen LogP contribution in [0.2, 0.25) is 0 Å². The van der Waals surface area contributed by atoms with Crippen molar-refractivity contribution in [1.82, 2.24) is 9.97 Å². The van der Waals surface area contributed by atoms with Gasteiger partial charge in [-0.1, -0.05) is 36.4 Å². The van der Waals surface area contributed by atoms with Crippen LogP contribution in [0.1, 0.15) is 12.8 Å². The SMILES string of the molecule is C=CCNc1cc(Nc2ccc(N3CCCC3)cc2)nc(-c2ccccc2)n1. The van der Waals surface area contributed by atoms with Crippen molar-refractivity contribution in [2.24, 2.45) is 0 Å². The summed E-state index contributed by atoms with van der Waals surface area (Å²) in [6, 6.07) is 20.5. The van der Waals surface area contributed by atoms with Crippen LogP contribution < -0.4 is 15.5 Å². The molecule has 0 radical (unpaired) electrons. The van der Waals surface area contributed by atoms with Crippen molar-refractivity contribution in [3.05, 3.63) is 73.3 Å². The second-order valence-electron chi connectivity index (χ2n) is 6.86. The van der Waals surface area contributed by atoms with E-state index >= 15 is 0 Å². The molecule has 142 valence electrons. The summed E-state index contributed by atoms with van der Waals surface area (Å²) in [4.78, 5) is 11.8. The van der Waals surface area contributed by atoms with Crippen molar-refractivity contribution in [2.75, 3.05) is 35.2 Å². The fourth-order valence-corrected chi connectivity index (χ4v) is 3.37. The summed E-state index contributed by atoms with van der Waals surface area (Å²) in [5, 5.41) is 6.67. The van der Waals surface area contributed by atoms with Gasteiger partial charge in [0.15, 0.2) is 5.82 Å². The van der Waals surface area contributed by atoms with Crippen LogP contribution in [-0.2, 0) is 0 Å². The highest BCUT2D eigenvalue weighted by Gasteiger charge is 2.12. The average Bonchev–Trinajstić information content (AvgIpc) is 3.28. The summed E-state index contributed by atoms with van der Waals surface area (Å²) >= 11 is 0. The molecule has 0 atom stereocenters. The summed E-state index contributed by atoms with van der Waals surface area (Å²) in [5.74, 6) is 2.21. The monoisotopic (exact) mass is 371 g/mol. The van der Waals surface area contributed by atoms with Gasteiger partial charge in [0.1, 0.15) is 11.6 Å². The summed E-state index contributed by atoms with van der Waals surface area (Å²) in [7, 11) is 0. The molecule has 0 aliphatic carbocycles. The Kier molecular flexibility index (Phi) is 5.52. The van der Waals surface area contributed by atoms with Crippen molar-refractivity contribution in [1.29, 1.82) is 0 Å². The van der Waals surface area contributed by atoms with E-state index in [4.69, 9.17) is 4.98 Å². The Morgan fingerprint density at radius 3 is 2.36 bits per heavy atom. The van der Waals surface area contributed by atoms with Crippen LogP contribution in [-0.4, -0.2) is 29.6 Å². The number of hydrogen-bond donors (Lipinski definition) is 2. The van der Waals surface area contributed by atoms with E-state index in [9.17, 15) is 0 Å². The molecule has 28 heavy (non-hydrogen) atoms. The van der Waals surface area contributed by atoms with Gasteiger partial charge < -0.3 is 15.5 Å². The minimum atomic E-state index is 0.648. The standard InChI is InChI=1S/C23H25N5/c1-2-14-24-21-17-22(27-23(26-21)18-8-4-3-5-9-18)25-19-10-12-20(13-11-19)28-15-6-7-16-28/h2-5,8-13,17H,1,6-7,14-16H2,(H2,24,25,26,27). The topological polar surface area (TPSA) is 53.1 Å². The second kappa shape index (κ2) is 8.57. The maximum Gasteiger partial charge on any atom is 0.163 e. The predicted molar refractivity (Wildman–Crippen MR) is 117 cm³/mol. The van der Waals surface area contributed by atoms with Gasteiger partial charge in [0.25, 0.3) is 0 Å². The lowest BCUT2D eigenvalue weighted by atomic mass is 10.2. The van der Waals surface area contributed by atoms with Crippen LogP contribution in [0.15, 0.2) is 73.3 Å². The molecule has 2 N–H and O–H groups in total. The molecule has 2 aromatic carbocycles. The van der Waals surface area contributed by atoms with Crippen LogP contribution in [0.3, 0.4) is 0 Å². The second-order valence-corrected chi connectivity index (χ2v) is 6.86. The van der Waals surface area contributed by atoms with E-state index in [0.29, 0.717) is 12.4 Å². The number of aromatic nitrogens is 2. The molecule has 0 saturated carbocycles. The highest BCUT2D eigenvalue weighted by Crippen LogP contribution is 2.25. The van der Waals surface area contributed by atoms with Crippen LogP contribution in [0.25, 0.3) is 11.4 Å². The fourth-order valence-electron chi connectivity index (χ4n) is 3.37. The predicted octanol–water partition coefficient (Wildman–Crippen LogP) is 5.09. The number of anilines is 4. The van der Waals surface area contributed by atoms with Gasteiger partial charge in [0.05, 0.1) is 0 Å². The Labute approximate surface area is 166 Å². The van der Waals surface area contributed by atoms with Crippen LogP contribution >= 0.6 is 0 Å². The van der Waals surface area contributed by atoms with Gasteiger partial charge in [0.2, 0.25) is 0 Å². The average molecular weight is 371 g/mol. The highest BCUT2D eigenvalue weighted by molar-refractivity contribution is 5.66. The number of hydrogen-bond acceptors (Lipinski definition) is 5. The Morgan fingerprint density at radius 1 is 0.929 bits per heavy atom. The Hall–Kier alpha value is -3.34. The first-order chi connectivity index (χ1) is 13.8. The van der Waals surface area contributed by atoms with Crippen molar-refractivity contribution in [3.63, 3.8) is 0 Å². The lowest BCUT2D eigenvalue weighted by molar-refractivity contribution is 0.949. The van der Waals surface area contributed by atoms with E-state index < -0.39 is 0 Å². The van der Waals surface area contributed by atoms with Gasteiger partial charge in [-0.05, 0) is 37.1 Å². The van der Waals surface area contributed by atoms with Crippen LogP contribution in [0, 0.1) is 0 Å². The summed E-state index contributed by atoms with van der Waals surface area (Å²) < 4.78 is 0. The summed E-state index contributed by atoms with van der Waals surface area (Å²) in [6.07, 6.45) is 4.38. The Morgan fingerprint density at radius 2 is 1.64 bits per heavy atom. The number of rotatable bonds is 7. The van der Waals surface area contributed by atoms with Crippen molar-refractivity contribution in [2.45, 2.75) is 12.8 Å². The Balaban J connectivity index is 1.58. The molecule has 5 nitrogen and oxygen atoms in total. The van der Waals surface area contributed by atoms with Gasteiger partial charge in [0, 0.05) is 42.6 Å². The van der Waals surface area contributed by atoms with Gasteiger partial charge in [-0.3, -0.25) is 0 Å². The van der Waals surface area contributed by atoms with Gasteiger partial charge in [-0.25, -0.2) is 9.97 Å². The number of nitrogens with one attached hydrogen (secondary N) is 2. The smallest absolute Gasteiger partial charge is 0.163 e. The minimum Gasteiger partial charge on any atom is -0.372 e. The lowest BCUT2D eigenvalue weighted by Gasteiger charge is -2.18. The molecule has 1 aliphatic rings. The molecule has 2 heterocycles. The molecule has 3 aromatic rings. The third-order valence-electron chi connectivity index (χ3n) is 4.80. The molecule has 0 spiro atoms. The molecule has 1 aromatic heterocycles. The summed E-state index contributed by atoms with van der Waals surface area (Å²) in [6.45, 7) is 6.71. The molecule has 1 fully saturated rings. The maximum absolute atomic E-state index is 4.71. The third-order valence-corrected chi connectivity index (χ3v) is 4.80. The highest BCUT2D eigenvalue weighted by atomic mass is 15.1. The quantitative estimate of drug-likeness (QED) is 0.567. The van der Waals surface area contributed by atoms with Crippen molar-refractivity contribution >= 4 is 23.0 Å². The zero-order valence-electron chi connectivity index (χ0n) is 15.9. The Bertz CT molecular complexity index is 915. The van der Waals surface area contributed by atoms with E-state index in [1.165, 1.54) is 18.5 Å². The minimum absolute atomic E-state index is 0.648. The van der Waals surface area contributed by atoms with Gasteiger partial charge in [-0.15, -0.1) is 6.58 Å². The number of benzene rings is 2. The molecule has 5 heteroatoms. The van der Waals surface area contributed by atoms with Gasteiger partial charge >= 0.3 is 0 Å². The molecular formula is C23H25N5. The largest absolute Gasteiger partial charge is 0.372 e.